The van der Waals surface area contributed by atoms with Gasteiger partial charge in [-0.05, 0) is 48.0 Å². The molecule has 0 saturated carbocycles. The van der Waals surface area contributed by atoms with Crippen molar-refractivity contribution in [2.75, 3.05) is 17.6 Å². The van der Waals surface area contributed by atoms with Crippen LogP contribution in [0.15, 0.2) is 78.9 Å². The number of carbonyl (C=O) groups excluding carboxylic acids is 1. The van der Waals surface area contributed by atoms with Crippen LogP contribution in [0.2, 0.25) is 0 Å². The highest BCUT2D eigenvalue weighted by Gasteiger charge is 2.31. The molecule has 1 saturated heterocycles. The summed E-state index contributed by atoms with van der Waals surface area (Å²) in [5.41, 5.74) is 1.44. The van der Waals surface area contributed by atoms with Crippen LogP contribution in [0.25, 0.3) is 0 Å². The van der Waals surface area contributed by atoms with Crippen molar-refractivity contribution in [2.45, 2.75) is 5.37 Å². The second kappa shape index (κ2) is 8.35. The van der Waals surface area contributed by atoms with E-state index in [4.69, 9.17) is 4.74 Å². The van der Waals surface area contributed by atoms with Crippen LogP contribution in [-0.4, -0.2) is 23.2 Å². The van der Waals surface area contributed by atoms with Crippen molar-refractivity contribution in [1.82, 2.24) is 4.90 Å². The number of hydrogen-bond donors (Lipinski definition) is 1. The van der Waals surface area contributed by atoms with Crippen molar-refractivity contribution >= 4 is 23.5 Å². The van der Waals surface area contributed by atoms with Crippen molar-refractivity contribution in [3.05, 3.63) is 90.2 Å². The molecular formula is C22H19FN2O2S. The molecule has 1 N–H and O–H groups in total. The molecule has 0 unspecified atom stereocenters. The van der Waals surface area contributed by atoms with E-state index in [9.17, 15) is 9.18 Å². The summed E-state index contributed by atoms with van der Waals surface area (Å²) in [4.78, 5) is 14.5. The molecule has 142 valence electrons. The summed E-state index contributed by atoms with van der Waals surface area (Å²) < 4.78 is 19.3. The summed E-state index contributed by atoms with van der Waals surface area (Å²) >= 11 is 1.70. The zero-order valence-corrected chi connectivity index (χ0v) is 15.9. The van der Waals surface area contributed by atoms with Crippen LogP contribution in [0.4, 0.5) is 14.9 Å². The highest BCUT2D eigenvalue weighted by molar-refractivity contribution is 7.99. The van der Waals surface area contributed by atoms with Crippen molar-refractivity contribution in [1.29, 1.82) is 0 Å². The monoisotopic (exact) mass is 394 g/mol. The van der Waals surface area contributed by atoms with E-state index in [0.29, 0.717) is 12.2 Å². The maximum Gasteiger partial charge on any atom is 0.323 e. The molecule has 0 spiro atoms. The van der Waals surface area contributed by atoms with Gasteiger partial charge in [0.1, 0.15) is 22.7 Å². The lowest BCUT2D eigenvalue weighted by molar-refractivity contribution is 0.214. The van der Waals surface area contributed by atoms with Crippen LogP contribution in [0.3, 0.4) is 0 Å². The molecular weight excluding hydrogens is 375 g/mol. The average molecular weight is 394 g/mol. The van der Waals surface area contributed by atoms with Gasteiger partial charge in [-0.2, -0.15) is 0 Å². The lowest BCUT2D eigenvalue weighted by Crippen LogP contribution is -2.34. The Labute approximate surface area is 167 Å². The number of amides is 2. The third kappa shape index (κ3) is 4.28. The van der Waals surface area contributed by atoms with Gasteiger partial charge >= 0.3 is 6.03 Å². The Morgan fingerprint density at radius 2 is 1.79 bits per heavy atom. The van der Waals surface area contributed by atoms with Crippen LogP contribution in [0.5, 0.6) is 11.5 Å². The Bertz CT molecular complexity index is 968. The van der Waals surface area contributed by atoms with E-state index in [-0.39, 0.29) is 17.2 Å². The maximum absolute atomic E-state index is 13.4. The van der Waals surface area contributed by atoms with Gasteiger partial charge in [0.15, 0.2) is 0 Å². The van der Waals surface area contributed by atoms with Crippen LogP contribution in [0, 0.1) is 5.82 Å². The first kappa shape index (κ1) is 18.4. The third-order valence-corrected chi connectivity index (χ3v) is 5.61. The molecule has 6 heteroatoms. The van der Waals surface area contributed by atoms with Gasteiger partial charge < -0.3 is 15.0 Å². The predicted octanol–water partition coefficient (Wildman–Crippen LogP) is 5.90. The number of nitrogens with zero attached hydrogens (tertiary/aromatic N) is 1. The minimum atomic E-state index is -0.379. The van der Waals surface area contributed by atoms with Crippen molar-refractivity contribution in [3.63, 3.8) is 0 Å². The molecule has 0 aromatic heterocycles. The Balaban J connectivity index is 1.50. The molecule has 1 fully saturated rings. The first-order valence-corrected chi connectivity index (χ1v) is 10.0. The second-order valence-electron chi connectivity index (χ2n) is 6.34. The maximum atomic E-state index is 13.4. The molecule has 0 aliphatic carbocycles. The van der Waals surface area contributed by atoms with Crippen molar-refractivity contribution in [2.24, 2.45) is 0 Å². The minimum Gasteiger partial charge on any atom is -0.457 e. The fraction of sp³-hybridized carbons (Fsp3) is 0.136. The SMILES string of the molecule is O=C(Nc1cccc(F)c1)N1CCS[C@@H]1c1cccc(Oc2ccccc2)c1. The number of hydrogen-bond acceptors (Lipinski definition) is 3. The fourth-order valence-corrected chi connectivity index (χ4v) is 4.32. The molecule has 2 amide bonds. The predicted molar refractivity (Wildman–Crippen MR) is 110 cm³/mol. The summed E-state index contributed by atoms with van der Waals surface area (Å²) in [7, 11) is 0. The summed E-state index contributed by atoms with van der Waals surface area (Å²) in [5.74, 6) is 1.95. The van der Waals surface area contributed by atoms with Gasteiger partial charge in [0.2, 0.25) is 0 Å². The average Bonchev–Trinajstić information content (AvgIpc) is 3.19. The quantitative estimate of drug-likeness (QED) is 0.599. The second-order valence-corrected chi connectivity index (χ2v) is 7.53. The summed E-state index contributed by atoms with van der Waals surface area (Å²) in [6.07, 6.45) is 0. The van der Waals surface area contributed by atoms with E-state index in [1.54, 1.807) is 28.8 Å². The molecule has 1 heterocycles. The Morgan fingerprint density at radius 1 is 1.00 bits per heavy atom. The van der Waals surface area contributed by atoms with Crippen LogP contribution in [0.1, 0.15) is 10.9 Å². The molecule has 0 bridgehead atoms. The third-order valence-electron chi connectivity index (χ3n) is 4.35. The van der Waals surface area contributed by atoms with E-state index < -0.39 is 0 Å². The Kier molecular flexibility index (Phi) is 5.48. The topological polar surface area (TPSA) is 41.6 Å². The number of halogens is 1. The number of ether oxygens (including phenoxy) is 1. The van der Waals surface area contributed by atoms with Crippen LogP contribution >= 0.6 is 11.8 Å². The molecule has 4 rings (SSSR count). The number of thioether (sulfide) groups is 1. The Hall–Kier alpha value is -2.99. The van der Waals surface area contributed by atoms with Crippen LogP contribution < -0.4 is 10.1 Å². The number of nitrogens with one attached hydrogen (secondary N) is 1. The van der Waals surface area contributed by atoms with Gasteiger partial charge in [-0.3, -0.25) is 0 Å². The molecule has 3 aromatic rings. The molecule has 1 aliphatic rings. The zero-order chi connectivity index (χ0) is 19.3. The standard InChI is InChI=1S/C22H19FN2O2S/c23-17-7-5-8-18(15-17)24-22(26)25-12-13-28-21(25)16-6-4-11-20(14-16)27-19-9-2-1-3-10-19/h1-11,14-15,21H,12-13H2,(H,24,26)/t21-/m1/s1. The summed E-state index contributed by atoms with van der Waals surface area (Å²) in [5, 5.41) is 2.66. The van der Waals surface area contributed by atoms with Gasteiger partial charge in [0.25, 0.3) is 0 Å². The lowest BCUT2D eigenvalue weighted by Gasteiger charge is -2.24. The van der Waals surface area contributed by atoms with Gasteiger partial charge in [-0.15, -0.1) is 11.8 Å². The zero-order valence-electron chi connectivity index (χ0n) is 15.0. The molecule has 3 aromatic carbocycles. The van der Waals surface area contributed by atoms with Gasteiger partial charge in [-0.25, -0.2) is 9.18 Å². The number of carbonyl (C=O) groups is 1. The molecule has 1 aliphatic heterocycles. The Morgan fingerprint density at radius 3 is 2.61 bits per heavy atom. The molecule has 1 atom stereocenters. The summed E-state index contributed by atoms with van der Waals surface area (Å²) in [6, 6.07) is 23.0. The largest absolute Gasteiger partial charge is 0.457 e. The van der Waals surface area contributed by atoms with E-state index >= 15 is 0 Å². The highest BCUT2D eigenvalue weighted by atomic mass is 32.2. The van der Waals surface area contributed by atoms with Gasteiger partial charge in [-0.1, -0.05) is 36.4 Å². The van der Waals surface area contributed by atoms with E-state index in [1.165, 1.54) is 12.1 Å². The highest BCUT2D eigenvalue weighted by Crippen LogP contribution is 2.39. The number of anilines is 1. The lowest BCUT2D eigenvalue weighted by atomic mass is 10.2. The van der Waals surface area contributed by atoms with Crippen molar-refractivity contribution < 1.29 is 13.9 Å². The first-order chi connectivity index (χ1) is 13.7. The fourth-order valence-electron chi connectivity index (χ4n) is 3.07. The van der Waals surface area contributed by atoms with Gasteiger partial charge in [0.05, 0.1) is 0 Å². The minimum absolute atomic E-state index is 0.118. The van der Waals surface area contributed by atoms with Gasteiger partial charge in [0, 0.05) is 18.0 Å². The van der Waals surface area contributed by atoms with Crippen LogP contribution in [-0.2, 0) is 0 Å². The molecule has 0 radical (unpaired) electrons. The number of benzene rings is 3. The van der Waals surface area contributed by atoms with Crippen molar-refractivity contribution in [3.8, 4) is 11.5 Å². The molecule has 28 heavy (non-hydrogen) atoms. The first-order valence-electron chi connectivity index (χ1n) is 8.97. The smallest absolute Gasteiger partial charge is 0.323 e. The number of rotatable bonds is 4. The number of para-hydroxylation sites is 1. The van der Waals surface area contributed by atoms with E-state index in [2.05, 4.69) is 5.32 Å². The number of urea groups is 1. The van der Waals surface area contributed by atoms with E-state index in [0.717, 1.165) is 22.8 Å². The summed E-state index contributed by atoms with van der Waals surface area (Å²) in [6.45, 7) is 0.625. The molecule has 4 nitrogen and oxygen atoms in total. The van der Waals surface area contributed by atoms with E-state index in [1.807, 2.05) is 54.6 Å². The normalized spacial score (nSPS) is 16.0.